The van der Waals surface area contributed by atoms with Gasteiger partial charge in [0.2, 0.25) is 5.91 Å². The van der Waals surface area contributed by atoms with Crippen molar-refractivity contribution >= 4 is 56.1 Å². The lowest BCUT2D eigenvalue weighted by molar-refractivity contribution is -0.384. The predicted octanol–water partition coefficient (Wildman–Crippen LogP) is 3.83. The normalized spacial score (nSPS) is 15.6. The average Bonchev–Trinajstić information content (AvgIpc) is 3.03. The zero-order chi connectivity index (χ0) is 19.4. The third-order valence-electron chi connectivity index (χ3n) is 4.28. The van der Waals surface area contributed by atoms with E-state index in [-0.39, 0.29) is 23.2 Å². The minimum Gasteiger partial charge on any atom is -0.324 e. The number of hydrogen-bond donors (Lipinski definition) is 1. The highest BCUT2D eigenvalue weighted by molar-refractivity contribution is 9.11. The lowest BCUT2D eigenvalue weighted by atomic mass is 10.2. The standard InChI is InChI=1S/C17H18BrClN4O3S/c18-16-4-2-13(27-16)10-21-5-7-22(8-6-21)11-17(24)20-15-3-1-12(23(25)26)9-14(15)19/h1-4,9H,5-8,10-11H2,(H,20,24). The first-order chi connectivity index (χ1) is 12.9. The summed E-state index contributed by atoms with van der Waals surface area (Å²) in [5.41, 5.74) is 0.279. The van der Waals surface area contributed by atoms with E-state index in [9.17, 15) is 14.9 Å². The minimum atomic E-state index is -0.522. The maximum atomic E-state index is 12.3. The van der Waals surface area contributed by atoms with Gasteiger partial charge in [-0.1, -0.05) is 11.6 Å². The molecule has 144 valence electrons. The van der Waals surface area contributed by atoms with Crippen molar-refractivity contribution in [2.24, 2.45) is 0 Å². The first kappa shape index (κ1) is 20.2. The molecule has 0 atom stereocenters. The summed E-state index contributed by atoms with van der Waals surface area (Å²) < 4.78 is 1.14. The fraction of sp³-hybridized carbons (Fsp3) is 0.353. The number of thiophene rings is 1. The number of amides is 1. The second kappa shape index (κ2) is 9.11. The Morgan fingerprint density at radius 3 is 2.52 bits per heavy atom. The number of nitrogens with one attached hydrogen (secondary N) is 1. The molecule has 1 fully saturated rings. The van der Waals surface area contributed by atoms with Crippen molar-refractivity contribution in [3.8, 4) is 0 Å². The van der Waals surface area contributed by atoms with Crippen molar-refractivity contribution < 1.29 is 9.72 Å². The summed E-state index contributed by atoms with van der Waals surface area (Å²) in [4.78, 5) is 28.3. The van der Waals surface area contributed by atoms with Crippen LogP contribution < -0.4 is 5.32 Å². The largest absolute Gasteiger partial charge is 0.324 e. The van der Waals surface area contributed by atoms with E-state index in [4.69, 9.17) is 11.6 Å². The molecule has 0 spiro atoms. The second-order valence-corrected chi connectivity index (χ2v) is 9.18. The van der Waals surface area contributed by atoms with Gasteiger partial charge in [-0.05, 0) is 34.1 Å². The average molecular weight is 474 g/mol. The zero-order valence-corrected chi connectivity index (χ0v) is 17.5. The van der Waals surface area contributed by atoms with Crippen molar-refractivity contribution in [3.05, 3.63) is 54.1 Å². The summed E-state index contributed by atoms with van der Waals surface area (Å²) in [5.74, 6) is -0.179. The molecule has 1 N–H and O–H groups in total. The van der Waals surface area contributed by atoms with E-state index in [1.54, 1.807) is 11.3 Å². The van der Waals surface area contributed by atoms with Crippen molar-refractivity contribution in [1.29, 1.82) is 0 Å². The van der Waals surface area contributed by atoms with E-state index < -0.39 is 4.92 Å². The van der Waals surface area contributed by atoms with Gasteiger partial charge in [0.25, 0.3) is 5.69 Å². The quantitative estimate of drug-likeness (QED) is 0.509. The molecule has 1 aliphatic heterocycles. The van der Waals surface area contributed by atoms with Crippen LogP contribution in [0.5, 0.6) is 0 Å². The van der Waals surface area contributed by atoms with Gasteiger partial charge in [0.05, 0.1) is 26.0 Å². The third-order valence-corrected chi connectivity index (χ3v) is 6.20. The first-order valence-corrected chi connectivity index (χ1v) is 10.3. The molecule has 2 aromatic rings. The van der Waals surface area contributed by atoms with Gasteiger partial charge < -0.3 is 5.32 Å². The molecule has 1 aromatic heterocycles. The summed E-state index contributed by atoms with van der Waals surface area (Å²) in [6.45, 7) is 4.63. The van der Waals surface area contributed by atoms with Crippen LogP contribution >= 0.6 is 38.9 Å². The Balaban J connectivity index is 1.46. The van der Waals surface area contributed by atoms with Gasteiger partial charge in [-0.15, -0.1) is 11.3 Å². The minimum absolute atomic E-state index is 0.105. The van der Waals surface area contributed by atoms with Crippen LogP contribution in [0, 0.1) is 10.1 Å². The monoisotopic (exact) mass is 472 g/mol. The number of piperazine rings is 1. The Labute approximate surface area is 174 Å². The topological polar surface area (TPSA) is 78.7 Å². The lowest BCUT2D eigenvalue weighted by Gasteiger charge is -2.34. The van der Waals surface area contributed by atoms with Gasteiger partial charge in [0.15, 0.2) is 0 Å². The highest BCUT2D eigenvalue weighted by atomic mass is 79.9. The molecule has 2 heterocycles. The number of nitro benzene ring substituents is 1. The van der Waals surface area contributed by atoms with Gasteiger partial charge in [-0.25, -0.2) is 0 Å². The van der Waals surface area contributed by atoms with E-state index >= 15 is 0 Å². The van der Waals surface area contributed by atoms with Crippen LogP contribution in [0.4, 0.5) is 11.4 Å². The van der Waals surface area contributed by atoms with Crippen molar-refractivity contribution in [3.63, 3.8) is 0 Å². The molecule has 1 aromatic carbocycles. The van der Waals surface area contributed by atoms with Crippen molar-refractivity contribution in [2.45, 2.75) is 6.54 Å². The van der Waals surface area contributed by atoms with Gasteiger partial charge in [-0.3, -0.25) is 24.7 Å². The number of non-ortho nitro benzene ring substituents is 1. The Morgan fingerprint density at radius 1 is 1.22 bits per heavy atom. The fourth-order valence-corrected chi connectivity index (χ4v) is 4.62. The number of nitrogens with zero attached hydrogens (tertiary/aromatic N) is 3. The van der Waals surface area contributed by atoms with Crippen LogP contribution in [0.25, 0.3) is 0 Å². The summed E-state index contributed by atoms with van der Waals surface area (Å²) in [5, 5.41) is 13.6. The molecular weight excluding hydrogens is 456 g/mol. The van der Waals surface area contributed by atoms with Crippen LogP contribution in [0.15, 0.2) is 34.1 Å². The third kappa shape index (κ3) is 5.73. The summed E-state index contributed by atoms with van der Waals surface area (Å²) in [6.07, 6.45) is 0. The molecule has 0 saturated carbocycles. The molecule has 1 saturated heterocycles. The van der Waals surface area contributed by atoms with Crippen LogP contribution in [0.3, 0.4) is 0 Å². The molecule has 3 rings (SSSR count). The van der Waals surface area contributed by atoms with Crippen LogP contribution in [0.2, 0.25) is 5.02 Å². The van der Waals surface area contributed by atoms with Gasteiger partial charge in [0, 0.05) is 49.7 Å². The van der Waals surface area contributed by atoms with E-state index in [1.807, 2.05) is 0 Å². The number of hydrogen-bond acceptors (Lipinski definition) is 6. The molecular formula is C17H18BrClN4O3S. The lowest BCUT2D eigenvalue weighted by Crippen LogP contribution is -2.48. The van der Waals surface area contributed by atoms with E-state index in [0.717, 1.165) is 36.5 Å². The maximum absolute atomic E-state index is 12.3. The number of benzene rings is 1. The maximum Gasteiger partial charge on any atom is 0.271 e. The molecule has 10 heteroatoms. The molecule has 7 nitrogen and oxygen atoms in total. The number of carbonyl (C=O) groups is 1. The summed E-state index contributed by atoms with van der Waals surface area (Å²) in [6, 6.07) is 8.20. The number of nitro groups is 1. The Bertz CT molecular complexity index is 839. The molecule has 1 aliphatic rings. The van der Waals surface area contributed by atoms with Gasteiger partial charge >= 0.3 is 0 Å². The van der Waals surface area contributed by atoms with E-state index in [0.29, 0.717) is 5.69 Å². The highest BCUT2D eigenvalue weighted by Crippen LogP contribution is 2.27. The SMILES string of the molecule is O=C(CN1CCN(Cc2ccc(Br)s2)CC1)Nc1ccc([N+](=O)[O-])cc1Cl. The smallest absolute Gasteiger partial charge is 0.271 e. The Kier molecular flexibility index (Phi) is 6.83. The number of halogens is 2. The summed E-state index contributed by atoms with van der Waals surface area (Å²) >= 11 is 11.2. The molecule has 0 radical (unpaired) electrons. The first-order valence-electron chi connectivity index (χ1n) is 8.33. The molecule has 0 bridgehead atoms. The summed E-state index contributed by atoms with van der Waals surface area (Å²) in [7, 11) is 0. The van der Waals surface area contributed by atoms with Crippen molar-refractivity contribution in [2.75, 3.05) is 38.0 Å². The number of anilines is 1. The molecule has 0 unspecified atom stereocenters. The Hall–Kier alpha value is -1.52. The van der Waals surface area contributed by atoms with Crippen LogP contribution in [-0.4, -0.2) is 53.4 Å². The number of carbonyl (C=O) groups excluding carboxylic acids is 1. The van der Waals surface area contributed by atoms with E-state index in [2.05, 4.69) is 43.2 Å². The van der Waals surface area contributed by atoms with E-state index in [1.165, 1.54) is 23.1 Å². The van der Waals surface area contributed by atoms with Gasteiger partial charge in [-0.2, -0.15) is 0 Å². The van der Waals surface area contributed by atoms with Crippen LogP contribution in [-0.2, 0) is 11.3 Å². The molecule has 27 heavy (non-hydrogen) atoms. The molecule has 1 amide bonds. The fourth-order valence-electron chi connectivity index (χ4n) is 2.87. The van der Waals surface area contributed by atoms with Crippen molar-refractivity contribution in [1.82, 2.24) is 9.80 Å². The predicted molar refractivity (Wildman–Crippen MR) is 110 cm³/mol. The second-order valence-electron chi connectivity index (χ2n) is 6.23. The zero-order valence-electron chi connectivity index (χ0n) is 14.4. The molecule has 0 aliphatic carbocycles. The highest BCUT2D eigenvalue weighted by Gasteiger charge is 2.20. The Morgan fingerprint density at radius 2 is 1.93 bits per heavy atom. The number of rotatable bonds is 6. The van der Waals surface area contributed by atoms with Crippen LogP contribution in [0.1, 0.15) is 4.88 Å². The van der Waals surface area contributed by atoms with Gasteiger partial charge in [0.1, 0.15) is 0 Å².